The zero-order valence-corrected chi connectivity index (χ0v) is 12.0. The van der Waals surface area contributed by atoms with Crippen molar-refractivity contribution in [3.05, 3.63) is 29.2 Å². The summed E-state index contributed by atoms with van der Waals surface area (Å²) in [5.74, 6) is -1.14. The molecule has 0 saturated heterocycles. The molecule has 0 aliphatic rings. The van der Waals surface area contributed by atoms with Crippen LogP contribution in [0.5, 0.6) is 0 Å². The highest BCUT2D eigenvalue weighted by Crippen LogP contribution is 2.21. The van der Waals surface area contributed by atoms with Gasteiger partial charge in [0.05, 0.1) is 13.2 Å². The summed E-state index contributed by atoms with van der Waals surface area (Å²) >= 11 is 0.712. The van der Waals surface area contributed by atoms with Crippen LogP contribution in [0.25, 0.3) is 0 Å². The van der Waals surface area contributed by atoms with Gasteiger partial charge in [-0.05, 0) is 19.1 Å². The van der Waals surface area contributed by atoms with Crippen molar-refractivity contribution in [3.63, 3.8) is 0 Å². The summed E-state index contributed by atoms with van der Waals surface area (Å²) in [6, 6.07) is 2.53. The lowest BCUT2D eigenvalue weighted by atomic mass is 10.4. The number of carboxylic acids is 1. The third-order valence-corrected chi connectivity index (χ3v) is 4.97. The molecule has 0 amide bonds. The second-order valence-electron chi connectivity index (χ2n) is 3.83. The predicted octanol–water partition coefficient (Wildman–Crippen LogP) is 1.32. The summed E-state index contributed by atoms with van der Waals surface area (Å²) in [6.07, 6.45) is 0. The first-order valence-corrected chi connectivity index (χ1v) is 7.68. The molecule has 1 aromatic heterocycles. The smallest absolute Gasteiger partial charge is 0.345 e. The van der Waals surface area contributed by atoms with Crippen molar-refractivity contribution in [2.24, 2.45) is 0 Å². The fraction of sp³-hybridized carbons (Fsp3) is 0.364. The van der Waals surface area contributed by atoms with Gasteiger partial charge >= 0.3 is 5.97 Å². The average molecular weight is 305 g/mol. The number of nitrogens with one attached hydrogen (secondary N) is 1. The second kappa shape index (κ2) is 6.80. The van der Waals surface area contributed by atoms with Gasteiger partial charge in [-0.3, -0.25) is 0 Å². The monoisotopic (exact) mass is 305 g/mol. The maximum atomic E-state index is 11.8. The molecule has 1 rings (SSSR count). The van der Waals surface area contributed by atoms with Crippen molar-refractivity contribution in [1.29, 1.82) is 0 Å². The number of hydrogen-bond donors (Lipinski definition) is 2. The minimum atomic E-state index is -3.67. The molecular formula is C11H15NO5S2. The first-order chi connectivity index (χ1) is 8.83. The van der Waals surface area contributed by atoms with Crippen molar-refractivity contribution in [3.8, 4) is 0 Å². The van der Waals surface area contributed by atoms with Crippen molar-refractivity contribution in [1.82, 2.24) is 4.72 Å². The van der Waals surface area contributed by atoms with Gasteiger partial charge in [0.25, 0.3) is 0 Å². The molecule has 0 aliphatic carbocycles. The quantitative estimate of drug-likeness (QED) is 0.558. The van der Waals surface area contributed by atoms with E-state index in [4.69, 9.17) is 9.84 Å². The van der Waals surface area contributed by atoms with Gasteiger partial charge < -0.3 is 9.84 Å². The lowest BCUT2D eigenvalue weighted by Crippen LogP contribution is -2.27. The maximum absolute atomic E-state index is 11.8. The van der Waals surface area contributed by atoms with Crippen LogP contribution in [0.3, 0.4) is 0 Å². The molecule has 6 nitrogen and oxygen atoms in total. The van der Waals surface area contributed by atoms with E-state index in [1.54, 1.807) is 0 Å². The van der Waals surface area contributed by atoms with Crippen molar-refractivity contribution < 1.29 is 23.1 Å². The van der Waals surface area contributed by atoms with Crippen LogP contribution >= 0.6 is 11.3 Å². The molecule has 0 atom stereocenters. The Morgan fingerprint density at radius 2 is 2.21 bits per heavy atom. The van der Waals surface area contributed by atoms with Gasteiger partial charge in [-0.2, -0.15) is 0 Å². The molecule has 1 heterocycles. The van der Waals surface area contributed by atoms with Crippen LogP contribution in [0.1, 0.15) is 16.6 Å². The number of sulfonamides is 1. The molecule has 0 fully saturated rings. The van der Waals surface area contributed by atoms with E-state index in [-0.39, 0.29) is 22.2 Å². The van der Waals surface area contributed by atoms with E-state index in [0.717, 1.165) is 5.57 Å². The van der Waals surface area contributed by atoms with Crippen LogP contribution in [0, 0.1) is 0 Å². The highest BCUT2D eigenvalue weighted by molar-refractivity contribution is 7.91. The van der Waals surface area contributed by atoms with Crippen LogP contribution < -0.4 is 4.72 Å². The summed E-state index contributed by atoms with van der Waals surface area (Å²) in [7, 11) is -3.67. The number of thiophene rings is 1. The molecule has 0 bridgehead atoms. The Morgan fingerprint density at radius 3 is 2.74 bits per heavy atom. The van der Waals surface area contributed by atoms with Crippen molar-refractivity contribution in [2.75, 3.05) is 19.8 Å². The molecule has 0 aromatic carbocycles. The minimum Gasteiger partial charge on any atom is -0.477 e. The van der Waals surface area contributed by atoms with E-state index in [1.807, 2.05) is 6.92 Å². The Hall–Kier alpha value is -1.22. The minimum absolute atomic E-state index is 0.0149. The number of ether oxygens (including phenoxy) is 1. The second-order valence-corrected chi connectivity index (χ2v) is 6.91. The van der Waals surface area contributed by atoms with E-state index in [0.29, 0.717) is 17.9 Å². The Labute approximate surface area is 115 Å². The van der Waals surface area contributed by atoms with E-state index in [9.17, 15) is 13.2 Å². The third kappa shape index (κ3) is 5.11. The Bertz CT molecular complexity index is 561. The molecule has 0 unspecified atom stereocenters. The lowest BCUT2D eigenvalue weighted by Gasteiger charge is -2.05. The van der Waals surface area contributed by atoms with Gasteiger partial charge in [0.2, 0.25) is 10.0 Å². The fourth-order valence-corrected chi connectivity index (χ4v) is 3.35. The highest BCUT2D eigenvalue weighted by atomic mass is 32.2. The molecule has 0 aliphatic heterocycles. The highest BCUT2D eigenvalue weighted by Gasteiger charge is 2.18. The Balaban J connectivity index is 2.51. The van der Waals surface area contributed by atoms with Gasteiger partial charge in [-0.1, -0.05) is 12.2 Å². The number of rotatable bonds is 8. The number of carbonyl (C=O) groups is 1. The van der Waals surface area contributed by atoms with E-state index in [2.05, 4.69) is 11.3 Å². The number of carboxylic acid groups (broad SMARTS) is 1. The molecule has 8 heteroatoms. The van der Waals surface area contributed by atoms with Crippen LogP contribution in [-0.2, 0) is 14.8 Å². The Kier molecular flexibility index (Phi) is 5.67. The Morgan fingerprint density at radius 1 is 1.53 bits per heavy atom. The topological polar surface area (TPSA) is 92.7 Å². The molecule has 0 saturated carbocycles. The van der Waals surface area contributed by atoms with Gasteiger partial charge in [0.15, 0.2) is 0 Å². The number of hydrogen-bond acceptors (Lipinski definition) is 5. The number of aromatic carboxylic acids is 1. The van der Waals surface area contributed by atoms with Crippen molar-refractivity contribution >= 4 is 27.3 Å². The summed E-state index contributed by atoms with van der Waals surface area (Å²) in [5, 5.41) is 8.73. The van der Waals surface area contributed by atoms with E-state index >= 15 is 0 Å². The molecule has 1 aromatic rings. The first-order valence-electron chi connectivity index (χ1n) is 5.38. The zero-order valence-electron chi connectivity index (χ0n) is 10.4. The zero-order chi connectivity index (χ0) is 14.5. The summed E-state index contributed by atoms with van der Waals surface area (Å²) < 4.78 is 31.1. The van der Waals surface area contributed by atoms with E-state index < -0.39 is 16.0 Å². The van der Waals surface area contributed by atoms with Gasteiger partial charge in [0.1, 0.15) is 9.09 Å². The SMILES string of the molecule is C=C(C)COCCNS(=O)(=O)c1ccc(C(=O)O)s1. The molecule has 2 N–H and O–H groups in total. The van der Waals surface area contributed by atoms with Crippen molar-refractivity contribution in [2.45, 2.75) is 11.1 Å². The standard InChI is InChI=1S/C11H15NO5S2/c1-8(2)7-17-6-5-12-19(15,16)10-4-3-9(18-10)11(13)14/h3-4,12H,1,5-7H2,2H3,(H,13,14). The van der Waals surface area contributed by atoms with Crippen LogP contribution in [0.2, 0.25) is 0 Å². The van der Waals surface area contributed by atoms with Crippen LogP contribution in [0.4, 0.5) is 0 Å². The summed E-state index contributed by atoms with van der Waals surface area (Å²) in [6.45, 7) is 6.18. The van der Waals surface area contributed by atoms with Gasteiger partial charge in [-0.15, -0.1) is 11.3 Å². The fourth-order valence-electron chi connectivity index (χ4n) is 1.15. The maximum Gasteiger partial charge on any atom is 0.345 e. The van der Waals surface area contributed by atoms with Gasteiger partial charge in [-0.25, -0.2) is 17.9 Å². The average Bonchev–Trinajstić information content (AvgIpc) is 2.77. The molecule has 0 spiro atoms. The first kappa shape index (κ1) is 15.8. The largest absolute Gasteiger partial charge is 0.477 e. The molecular weight excluding hydrogens is 290 g/mol. The summed E-state index contributed by atoms with van der Waals surface area (Å²) in [4.78, 5) is 10.7. The van der Waals surface area contributed by atoms with Crippen LogP contribution in [-0.4, -0.2) is 39.3 Å². The predicted molar refractivity (Wildman–Crippen MR) is 72.1 cm³/mol. The van der Waals surface area contributed by atoms with E-state index in [1.165, 1.54) is 12.1 Å². The van der Waals surface area contributed by atoms with Crippen LogP contribution in [0.15, 0.2) is 28.5 Å². The molecule has 106 valence electrons. The normalized spacial score (nSPS) is 11.4. The lowest BCUT2D eigenvalue weighted by molar-refractivity contribution is 0.0702. The van der Waals surface area contributed by atoms with Gasteiger partial charge in [0, 0.05) is 6.54 Å². The molecule has 19 heavy (non-hydrogen) atoms. The summed E-state index contributed by atoms with van der Waals surface area (Å²) in [5.41, 5.74) is 0.854. The molecule has 0 radical (unpaired) electrons. The third-order valence-electron chi connectivity index (χ3n) is 1.94.